The van der Waals surface area contributed by atoms with Crippen molar-refractivity contribution in [3.05, 3.63) is 0 Å². The fourth-order valence-electron chi connectivity index (χ4n) is 1.99. The highest BCUT2D eigenvalue weighted by Gasteiger charge is 2.45. The van der Waals surface area contributed by atoms with E-state index in [0.717, 1.165) is 13.0 Å². The standard InChI is InChI=1S/C11H21N3O3/c1-11(9(15)16)5-4-7-14(11)10(17)12-6-8-13(2)3/h4-8H2,1-3H3,(H,12,17)(H,15,16). The summed E-state index contributed by atoms with van der Waals surface area (Å²) in [5, 5.41) is 11.9. The lowest BCUT2D eigenvalue weighted by Crippen LogP contribution is -2.54. The second-order valence-corrected chi connectivity index (χ2v) is 4.87. The number of hydrogen-bond acceptors (Lipinski definition) is 3. The number of rotatable bonds is 4. The highest BCUT2D eigenvalue weighted by Crippen LogP contribution is 2.28. The Morgan fingerprint density at radius 1 is 1.47 bits per heavy atom. The van der Waals surface area contributed by atoms with E-state index in [0.29, 0.717) is 19.5 Å². The average Bonchev–Trinajstić information content (AvgIpc) is 2.61. The van der Waals surface area contributed by atoms with Crippen molar-refractivity contribution in [2.24, 2.45) is 0 Å². The van der Waals surface area contributed by atoms with Gasteiger partial charge >= 0.3 is 12.0 Å². The number of urea groups is 1. The van der Waals surface area contributed by atoms with Gasteiger partial charge in [-0.25, -0.2) is 9.59 Å². The molecule has 1 atom stereocenters. The molecule has 1 saturated heterocycles. The summed E-state index contributed by atoms with van der Waals surface area (Å²) in [7, 11) is 3.84. The van der Waals surface area contributed by atoms with Gasteiger partial charge < -0.3 is 20.2 Å². The van der Waals surface area contributed by atoms with Crippen molar-refractivity contribution in [3.63, 3.8) is 0 Å². The van der Waals surface area contributed by atoms with E-state index in [-0.39, 0.29) is 6.03 Å². The van der Waals surface area contributed by atoms with Crippen LogP contribution in [0.3, 0.4) is 0 Å². The molecule has 0 radical (unpaired) electrons. The molecular weight excluding hydrogens is 222 g/mol. The summed E-state index contributed by atoms with van der Waals surface area (Å²) in [5.41, 5.74) is -1.05. The number of likely N-dealkylation sites (tertiary alicyclic amines) is 1. The Labute approximate surface area is 102 Å². The maximum absolute atomic E-state index is 11.9. The largest absolute Gasteiger partial charge is 0.480 e. The molecular formula is C11H21N3O3. The van der Waals surface area contributed by atoms with Gasteiger partial charge in [0.2, 0.25) is 0 Å². The second-order valence-electron chi connectivity index (χ2n) is 4.87. The lowest BCUT2D eigenvalue weighted by Gasteiger charge is -2.31. The molecule has 0 aromatic heterocycles. The lowest BCUT2D eigenvalue weighted by molar-refractivity contribution is -0.147. The highest BCUT2D eigenvalue weighted by atomic mass is 16.4. The van der Waals surface area contributed by atoms with Crippen molar-refractivity contribution in [3.8, 4) is 0 Å². The highest BCUT2D eigenvalue weighted by molar-refractivity contribution is 5.86. The van der Waals surface area contributed by atoms with Gasteiger partial charge in [-0.15, -0.1) is 0 Å². The van der Waals surface area contributed by atoms with Crippen molar-refractivity contribution >= 4 is 12.0 Å². The van der Waals surface area contributed by atoms with Crippen molar-refractivity contribution in [1.82, 2.24) is 15.1 Å². The van der Waals surface area contributed by atoms with E-state index < -0.39 is 11.5 Å². The molecule has 1 fully saturated rings. The first-order chi connectivity index (χ1) is 7.88. The molecule has 0 saturated carbocycles. The molecule has 0 spiro atoms. The van der Waals surface area contributed by atoms with Crippen LogP contribution in [0.4, 0.5) is 4.79 Å². The summed E-state index contributed by atoms with van der Waals surface area (Å²) in [6.45, 7) is 3.38. The molecule has 0 aromatic carbocycles. The molecule has 6 nitrogen and oxygen atoms in total. The van der Waals surface area contributed by atoms with E-state index in [2.05, 4.69) is 5.32 Å². The van der Waals surface area contributed by atoms with Crippen molar-refractivity contribution < 1.29 is 14.7 Å². The molecule has 1 unspecified atom stereocenters. The van der Waals surface area contributed by atoms with Crippen LogP contribution in [-0.2, 0) is 4.79 Å². The molecule has 2 amide bonds. The number of hydrogen-bond donors (Lipinski definition) is 2. The minimum atomic E-state index is -1.05. The summed E-state index contributed by atoms with van der Waals surface area (Å²) < 4.78 is 0. The smallest absolute Gasteiger partial charge is 0.329 e. The predicted octanol–water partition coefficient (Wildman–Crippen LogP) is 0.197. The molecule has 98 valence electrons. The van der Waals surface area contributed by atoms with E-state index in [4.69, 9.17) is 0 Å². The van der Waals surface area contributed by atoms with Gasteiger partial charge in [-0.05, 0) is 33.9 Å². The van der Waals surface area contributed by atoms with Gasteiger partial charge in [0.1, 0.15) is 5.54 Å². The number of likely N-dealkylation sites (N-methyl/N-ethyl adjacent to an activating group) is 1. The predicted molar refractivity (Wildman–Crippen MR) is 63.9 cm³/mol. The minimum Gasteiger partial charge on any atom is -0.480 e. The van der Waals surface area contributed by atoms with Crippen LogP contribution in [0.15, 0.2) is 0 Å². The van der Waals surface area contributed by atoms with E-state index in [1.807, 2.05) is 19.0 Å². The number of amides is 2. The van der Waals surface area contributed by atoms with Gasteiger partial charge in [-0.3, -0.25) is 0 Å². The summed E-state index contributed by atoms with van der Waals surface area (Å²) in [6.07, 6.45) is 1.26. The monoisotopic (exact) mass is 243 g/mol. The van der Waals surface area contributed by atoms with E-state index in [9.17, 15) is 14.7 Å². The number of nitrogens with one attached hydrogen (secondary N) is 1. The van der Waals surface area contributed by atoms with Crippen LogP contribution in [0.2, 0.25) is 0 Å². The zero-order chi connectivity index (χ0) is 13.1. The number of aliphatic carboxylic acids is 1. The molecule has 1 aliphatic heterocycles. The number of carbonyl (C=O) groups is 2. The molecule has 17 heavy (non-hydrogen) atoms. The average molecular weight is 243 g/mol. The number of nitrogens with zero attached hydrogens (tertiary/aromatic N) is 2. The zero-order valence-electron chi connectivity index (χ0n) is 10.7. The lowest BCUT2D eigenvalue weighted by atomic mass is 10.00. The molecule has 2 N–H and O–H groups in total. The Kier molecular flexibility index (Phi) is 4.34. The van der Waals surface area contributed by atoms with Crippen molar-refractivity contribution in [1.29, 1.82) is 0 Å². The minimum absolute atomic E-state index is 0.283. The van der Waals surface area contributed by atoms with Gasteiger partial charge in [0.25, 0.3) is 0 Å². The first-order valence-corrected chi connectivity index (χ1v) is 5.81. The third kappa shape index (κ3) is 3.09. The van der Waals surface area contributed by atoms with Crippen LogP contribution in [0.1, 0.15) is 19.8 Å². The van der Waals surface area contributed by atoms with Gasteiger partial charge in [0, 0.05) is 19.6 Å². The fourth-order valence-corrected chi connectivity index (χ4v) is 1.99. The fraction of sp³-hybridized carbons (Fsp3) is 0.818. The third-order valence-corrected chi connectivity index (χ3v) is 3.18. The number of carboxylic acid groups (broad SMARTS) is 1. The SMILES string of the molecule is CN(C)CCNC(=O)N1CCCC1(C)C(=O)O. The Balaban J connectivity index is 2.54. The van der Waals surface area contributed by atoms with Crippen molar-refractivity contribution in [2.75, 3.05) is 33.7 Å². The first-order valence-electron chi connectivity index (χ1n) is 5.81. The van der Waals surface area contributed by atoms with E-state index in [1.54, 1.807) is 6.92 Å². The molecule has 1 heterocycles. The van der Waals surface area contributed by atoms with Crippen LogP contribution in [0, 0.1) is 0 Å². The van der Waals surface area contributed by atoms with Gasteiger partial charge in [0.15, 0.2) is 0 Å². The van der Waals surface area contributed by atoms with Crippen LogP contribution < -0.4 is 5.32 Å². The quantitative estimate of drug-likeness (QED) is 0.739. The normalized spacial score (nSPS) is 24.1. The summed E-state index contributed by atoms with van der Waals surface area (Å²) in [5.74, 6) is -0.933. The second kappa shape index (κ2) is 5.35. The Morgan fingerprint density at radius 3 is 2.65 bits per heavy atom. The first kappa shape index (κ1) is 13.8. The molecule has 1 aliphatic rings. The van der Waals surface area contributed by atoms with E-state index >= 15 is 0 Å². The maximum atomic E-state index is 11.9. The van der Waals surface area contributed by atoms with Crippen LogP contribution in [-0.4, -0.2) is 66.2 Å². The molecule has 0 aliphatic carbocycles. The third-order valence-electron chi connectivity index (χ3n) is 3.18. The number of carbonyl (C=O) groups excluding carboxylic acids is 1. The van der Waals surface area contributed by atoms with Crippen molar-refractivity contribution in [2.45, 2.75) is 25.3 Å². The Bertz CT molecular complexity index is 306. The zero-order valence-corrected chi connectivity index (χ0v) is 10.7. The topological polar surface area (TPSA) is 72.9 Å². The Hall–Kier alpha value is -1.30. The van der Waals surface area contributed by atoms with Gasteiger partial charge in [-0.2, -0.15) is 0 Å². The van der Waals surface area contributed by atoms with Gasteiger partial charge in [0.05, 0.1) is 0 Å². The van der Waals surface area contributed by atoms with Gasteiger partial charge in [-0.1, -0.05) is 0 Å². The van der Waals surface area contributed by atoms with E-state index in [1.165, 1.54) is 4.90 Å². The molecule has 1 rings (SSSR count). The molecule has 0 bridgehead atoms. The summed E-state index contributed by atoms with van der Waals surface area (Å²) in [6, 6.07) is -0.283. The number of carboxylic acids is 1. The summed E-state index contributed by atoms with van der Waals surface area (Å²) >= 11 is 0. The van der Waals surface area contributed by atoms with Crippen LogP contribution in [0.5, 0.6) is 0 Å². The summed E-state index contributed by atoms with van der Waals surface area (Å²) in [4.78, 5) is 26.5. The van der Waals surface area contributed by atoms with Crippen LogP contribution in [0.25, 0.3) is 0 Å². The molecule has 6 heteroatoms. The maximum Gasteiger partial charge on any atom is 0.329 e. The van der Waals surface area contributed by atoms with Crippen LogP contribution >= 0.6 is 0 Å². The Morgan fingerprint density at radius 2 is 2.12 bits per heavy atom. The molecule has 0 aromatic rings.